The first-order valence-corrected chi connectivity index (χ1v) is 26.6. The molecule has 434 valence electrons. The Morgan fingerprint density at radius 1 is 0.474 bits per heavy atom. The van der Waals surface area contributed by atoms with Gasteiger partial charge in [0.2, 0.25) is 53.2 Å². The molecule has 0 aliphatic heterocycles. The molecule has 8 unspecified atom stereocenters. The molecule has 0 bridgehead atoms. The molecule has 0 spiro atoms. The number of rotatable bonds is 42. The third-order valence-electron chi connectivity index (χ3n) is 11.2. The summed E-state index contributed by atoms with van der Waals surface area (Å²) in [4.78, 5) is 141. The first kappa shape index (κ1) is 69.4. The van der Waals surface area contributed by atoms with Crippen LogP contribution in [0.15, 0.2) is 9.98 Å². The molecule has 0 saturated heterocycles. The molecule has 0 aromatic rings. The number of nitrogens with one attached hydrogen (secondary N) is 8. The normalized spacial score (nSPS) is 14.1. The van der Waals surface area contributed by atoms with Gasteiger partial charge in [-0.3, -0.25) is 53.1 Å². The number of aliphatic carboxylic acids is 1. The number of aliphatic hydroxyl groups is 1. The van der Waals surface area contributed by atoms with Crippen molar-refractivity contribution in [2.24, 2.45) is 61.8 Å². The van der Waals surface area contributed by atoms with Crippen molar-refractivity contribution in [2.75, 3.05) is 51.3 Å². The number of aliphatic hydroxyl groups excluding tert-OH is 1. The van der Waals surface area contributed by atoms with Crippen LogP contribution in [0.5, 0.6) is 0 Å². The van der Waals surface area contributed by atoms with E-state index >= 15 is 0 Å². The Kier molecular flexibility index (Phi) is 36.3. The molecule has 26 N–H and O–H groups in total. The Hall–Kier alpha value is -6.57. The van der Waals surface area contributed by atoms with E-state index in [2.05, 4.69) is 52.5 Å². The number of carboxylic acid groups (broad SMARTS) is 1. The van der Waals surface area contributed by atoms with E-state index in [1.54, 1.807) is 20.1 Å². The highest BCUT2D eigenvalue weighted by atomic mass is 32.2. The number of guanidine groups is 2. The lowest BCUT2D eigenvalue weighted by Gasteiger charge is -2.28. The van der Waals surface area contributed by atoms with Crippen LogP contribution in [0.4, 0.5) is 0 Å². The van der Waals surface area contributed by atoms with E-state index in [0.29, 0.717) is 38.0 Å². The number of thioether (sulfide) groups is 1. The number of amides is 9. The SMILES string of the molecule is CSCCC(NC(=O)C(CCC(N)=O)NC(=O)C(CO)NC(=O)C(CCCN=C(N)N)NC(=O)C(CCCCN)NC(=O)C(CCCN=C(N)N)NC(=O)C(CCCCN)NC(=O)CN)C(=O)NC(CC(C)C)C(=O)O. The van der Waals surface area contributed by atoms with Gasteiger partial charge in [-0.05, 0) is 114 Å². The minimum absolute atomic E-state index is 0.0195. The third-order valence-corrected chi connectivity index (χ3v) is 11.9. The van der Waals surface area contributed by atoms with Crippen LogP contribution in [0.3, 0.4) is 0 Å². The number of unbranched alkanes of at least 4 members (excludes halogenated alkanes) is 2. The number of nitrogens with two attached hydrogens (primary N) is 8. The molecule has 30 nitrogen and oxygen atoms in total. The Morgan fingerprint density at radius 3 is 1.14 bits per heavy atom. The van der Waals surface area contributed by atoms with Gasteiger partial charge >= 0.3 is 5.97 Å². The largest absolute Gasteiger partial charge is 0.480 e. The van der Waals surface area contributed by atoms with Gasteiger partial charge in [0.25, 0.3) is 0 Å². The number of carbonyl (C=O) groups excluding carboxylic acids is 9. The Morgan fingerprint density at radius 2 is 0.816 bits per heavy atom. The summed E-state index contributed by atoms with van der Waals surface area (Å²) in [5.41, 5.74) is 44.1. The van der Waals surface area contributed by atoms with E-state index in [1.165, 1.54) is 11.8 Å². The molecule has 76 heavy (non-hydrogen) atoms. The van der Waals surface area contributed by atoms with E-state index in [9.17, 15) is 58.2 Å². The van der Waals surface area contributed by atoms with E-state index in [4.69, 9.17) is 45.9 Å². The molecule has 0 fully saturated rings. The van der Waals surface area contributed by atoms with Crippen LogP contribution >= 0.6 is 11.8 Å². The van der Waals surface area contributed by atoms with Gasteiger partial charge in [-0.15, -0.1) is 0 Å². The lowest BCUT2D eigenvalue weighted by Crippen LogP contribution is -2.61. The highest BCUT2D eigenvalue weighted by Crippen LogP contribution is 2.11. The van der Waals surface area contributed by atoms with Crippen molar-refractivity contribution >= 4 is 82.8 Å². The molecule has 0 rings (SSSR count). The van der Waals surface area contributed by atoms with Gasteiger partial charge < -0.3 is 98.6 Å². The predicted octanol–water partition coefficient (Wildman–Crippen LogP) is -6.67. The third kappa shape index (κ3) is 30.7. The fraction of sp³-hybridized carbons (Fsp3) is 0.733. The summed E-state index contributed by atoms with van der Waals surface area (Å²) in [5.74, 6) is -9.42. The average molecular weight is 1100 g/mol. The summed E-state index contributed by atoms with van der Waals surface area (Å²) in [6.07, 6.45) is 2.88. The van der Waals surface area contributed by atoms with Crippen LogP contribution < -0.4 is 88.4 Å². The maximum atomic E-state index is 14.2. The van der Waals surface area contributed by atoms with Gasteiger partial charge in [0, 0.05) is 19.5 Å². The lowest BCUT2D eigenvalue weighted by molar-refractivity contribution is -0.143. The Bertz CT molecular complexity index is 1920. The smallest absolute Gasteiger partial charge is 0.326 e. The number of carboxylic acids is 1. The maximum Gasteiger partial charge on any atom is 0.326 e. The number of hydrogen-bond donors (Lipinski definition) is 18. The molecule has 31 heteroatoms. The first-order valence-electron chi connectivity index (χ1n) is 25.2. The second kappa shape index (κ2) is 39.8. The molecule has 0 aromatic heterocycles. The molecular weight excluding hydrogens is 1020 g/mol. The second-order valence-corrected chi connectivity index (χ2v) is 19.1. The Labute approximate surface area is 447 Å². The van der Waals surface area contributed by atoms with Gasteiger partial charge in [-0.25, -0.2) is 4.79 Å². The minimum atomic E-state index is -1.80. The van der Waals surface area contributed by atoms with E-state index in [1.807, 2.05) is 0 Å². The van der Waals surface area contributed by atoms with Crippen molar-refractivity contribution in [2.45, 2.75) is 152 Å². The predicted molar refractivity (Wildman–Crippen MR) is 286 cm³/mol. The monoisotopic (exact) mass is 1100 g/mol. The van der Waals surface area contributed by atoms with Crippen molar-refractivity contribution in [1.82, 2.24) is 42.5 Å². The summed E-state index contributed by atoms with van der Waals surface area (Å²) >= 11 is 1.34. The fourth-order valence-electron chi connectivity index (χ4n) is 7.17. The summed E-state index contributed by atoms with van der Waals surface area (Å²) in [5, 5.41) is 40.2. The molecule has 0 radical (unpaired) electrons. The summed E-state index contributed by atoms with van der Waals surface area (Å²) < 4.78 is 0. The van der Waals surface area contributed by atoms with Crippen LogP contribution in [-0.4, -0.2) is 181 Å². The summed E-state index contributed by atoms with van der Waals surface area (Å²) in [6, 6.07) is -11.2. The number of hydrogen-bond acceptors (Lipinski definition) is 17. The number of nitrogens with zero attached hydrogens (tertiary/aromatic N) is 2. The van der Waals surface area contributed by atoms with Gasteiger partial charge in [-0.2, -0.15) is 11.8 Å². The standard InChI is InChI=1S/C45H86N18O12S/c1-25(2)22-32(43(74)75)62-41(72)31(16-21-76-3)61-40(71)30(14-15-34(49)65)60-42(73)33(24-64)63-39(70)29(13-9-20-55-45(52)53)59-37(68)27(11-5-7-18-47)57-38(69)28(12-8-19-54-44(50)51)58-36(67)26(10-4-6-17-46)56-35(66)23-48/h25-33,64H,4-24,46-48H2,1-3H3,(H2,49,65)(H,56,66)(H,57,69)(H,58,67)(H,59,68)(H,60,73)(H,61,71)(H,62,72)(H,63,70)(H,74,75)(H4,50,51,54)(H4,52,53,55). The number of carbonyl (C=O) groups is 10. The molecule has 0 saturated carbocycles. The van der Waals surface area contributed by atoms with Crippen molar-refractivity contribution in [3.8, 4) is 0 Å². The molecule has 0 heterocycles. The van der Waals surface area contributed by atoms with Gasteiger partial charge in [0.05, 0.1) is 13.2 Å². The minimum Gasteiger partial charge on any atom is -0.480 e. The fourth-order valence-corrected chi connectivity index (χ4v) is 7.65. The molecule has 0 aliphatic rings. The number of primary amides is 1. The molecule has 8 atom stereocenters. The van der Waals surface area contributed by atoms with Crippen LogP contribution in [0.2, 0.25) is 0 Å². The van der Waals surface area contributed by atoms with Crippen LogP contribution in [0, 0.1) is 5.92 Å². The maximum absolute atomic E-state index is 14.2. The zero-order valence-electron chi connectivity index (χ0n) is 43.9. The molecular formula is C45H86N18O12S. The van der Waals surface area contributed by atoms with Gasteiger partial charge in [0.1, 0.15) is 48.3 Å². The van der Waals surface area contributed by atoms with E-state index in [0.717, 1.165) is 0 Å². The van der Waals surface area contributed by atoms with E-state index < -0.39 is 133 Å². The topological polar surface area (TPSA) is 540 Å². The summed E-state index contributed by atoms with van der Waals surface area (Å²) in [7, 11) is 0. The van der Waals surface area contributed by atoms with Crippen molar-refractivity contribution in [1.29, 1.82) is 0 Å². The average Bonchev–Trinajstić information content (AvgIpc) is 3.35. The Balaban J connectivity index is 6.86. The zero-order chi connectivity index (χ0) is 57.8. The highest BCUT2D eigenvalue weighted by molar-refractivity contribution is 7.98. The first-order chi connectivity index (χ1) is 35.9. The van der Waals surface area contributed by atoms with Gasteiger partial charge in [-0.1, -0.05) is 13.8 Å². The van der Waals surface area contributed by atoms with Gasteiger partial charge in [0.15, 0.2) is 11.9 Å². The second-order valence-electron chi connectivity index (χ2n) is 18.2. The van der Waals surface area contributed by atoms with Crippen molar-refractivity contribution in [3.05, 3.63) is 0 Å². The van der Waals surface area contributed by atoms with E-state index in [-0.39, 0.29) is 88.8 Å². The van der Waals surface area contributed by atoms with Crippen LogP contribution in [-0.2, 0) is 47.9 Å². The lowest BCUT2D eigenvalue weighted by atomic mass is 10.0. The molecule has 0 aromatic carbocycles. The quantitative estimate of drug-likeness (QED) is 0.0153. The van der Waals surface area contributed by atoms with Crippen molar-refractivity contribution in [3.63, 3.8) is 0 Å². The van der Waals surface area contributed by atoms with Crippen LogP contribution in [0.1, 0.15) is 104 Å². The highest BCUT2D eigenvalue weighted by Gasteiger charge is 2.35. The number of aliphatic imine (C=N–C) groups is 2. The van der Waals surface area contributed by atoms with Crippen LogP contribution in [0.25, 0.3) is 0 Å². The molecule has 9 amide bonds. The molecule has 0 aliphatic carbocycles. The van der Waals surface area contributed by atoms with Crippen molar-refractivity contribution < 1.29 is 58.2 Å². The zero-order valence-corrected chi connectivity index (χ0v) is 44.8. The summed E-state index contributed by atoms with van der Waals surface area (Å²) in [6.45, 7) is 2.63.